The van der Waals surface area contributed by atoms with Gasteiger partial charge in [0, 0.05) is 14.0 Å². The highest BCUT2D eigenvalue weighted by Crippen LogP contribution is 2.12. The van der Waals surface area contributed by atoms with Crippen LogP contribution in [0.3, 0.4) is 0 Å². The molecule has 0 aromatic heterocycles. The van der Waals surface area contributed by atoms with Crippen molar-refractivity contribution >= 4 is 11.9 Å². The van der Waals surface area contributed by atoms with Gasteiger partial charge in [0.25, 0.3) is 0 Å². The maximum atomic E-state index is 11.3. The number of benzene rings is 1. The van der Waals surface area contributed by atoms with Crippen LogP contribution in [0.25, 0.3) is 0 Å². The van der Waals surface area contributed by atoms with Crippen LogP contribution in [0.5, 0.6) is 5.75 Å². The van der Waals surface area contributed by atoms with Gasteiger partial charge in [-0.2, -0.15) is 0 Å². The standard InChI is InChI=1S/C12H14O5/c1-9(13)17-12(14)10-3-5-11(6-4-10)16-8-7-15-2/h3-6H,7-8H2,1-2H3. The van der Waals surface area contributed by atoms with Gasteiger partial charge < -0.3 is 14.2 Å². The van der Waals surface area contributed by atoms with Crippen molar-refractivity contribution in [1.82, 2.24) is 0 Å². The quantitative estimate of drug-likeness (QED) is 0.441. The lowest BCUT2D eigenvalue weighted by Crippen LogP contribution is -2.09. The van der Waals surface area contributed by atoms with Gasteiger partial charge in [-0.05, 0) is 24.3 Å². The van der Waals surface area contributed by atoms with Crippen LogP contribution in [0.1, 0.15) is 17.3 Å². The Kier molecular flexibility index (Phi) is 5.16. The maximum absolute atomic E-state index is 11.3. The summed E-state index contributed by atoms with van der Waals surface area (Å²) in [5, 5.41) is 0. The highest BCUT2D eigenvalue weighted by molar-refractivity contribution is 5.96. The zero-order chi connectivity index (χ0) is 12.7. The summed E-state index contributed by atoms with van der Waals surface area (Å²) >= 11 is 0. The largest absolute Gasteiger partial charge is 0.491 e. The van der Waals surface area contributed by atoms with E-state index < -0.39 is 11.9 Å². The molecule has 1 aromatic carbocycles. The predicted molar refractivity (Wildman–Crippen MR) is 59.9 cm³/mol. The van der Waals surface area contributed by atoms with Gasteiger partial charge in [-0.3, -0.25) is 4.79 Å². The fourth-order valence-corrected chi connectivity index (χ4v) is 1.12. The lowest BCUT2D eigenvalue weighted by Gasteiger charge is -2.05. The predicted octanol–water partition coefficient (Wildman–Crippen LogP) is 1.42. The van der Waals surface area contributed by atoms with Crippen LogP contribution < -0.4 is 4.74 Å². The van der Waals surface area contributed by atoms with E-state index in [4.69, 9.17) is 9.47 Å². The van der Waals surface area contributed by atoms with E-state index in [0.29, 0.717) is 24.5 Å². The van der Waals surface area contributed by atoms with Crippen LogP contribution in [-0.4, -0.2) is 32.3 Å². The first-order valence-corrected chi connectivity index (χ1v) is 5.08. The Morgan fingerprint density at radius 2 is 1.76 bits per heavy atom. The van der Waals surface area contributed by atoms with Gasteiger partial charge in [0.1, 0.15) is 12.4 Å². The van der Waals surface area contributed by atoms with Gasteiger partial charge in [0.05, 0.1) is 12.2 Å². The van der Waals surface area contributed by atoms with Crippen molar-refractivity contribution in [2.45, 2.75) is 6.92 Å². The second-order valence-corrected chi connectivity index (χ2v) is 3.25. The molecule has 0 atom stereocenters. The minimum Gasteiger partial charge on any atom is -0.491 e. The highest BCUT2D eigenvalue weighted by atomic mass is 16.6. The Morgan fingerprint density at radius 3 is 2.29 bits per heavy atom. The molecule has 0 unspecified atom stereocenters. The summed E-state index contributed by atoms with van der Waals surface area (Å²) in [6.45, 7) is 2.11. The van der Waals surface area contributed by atoms with Crippen LogP contribution in [0.15, 0.2) is 24.3 Å². The normalized spacial score (nSPS) is 9.76. The molecule has 0 fully saturated rings. The van der Waals surface area contributed by atoms with Gasteiger partial charge in [-0.15, -0.1) is 0 Å². The molecule has 0 aliphatic heterocycles. The third-order valence-corrected chi connectivity index (χ3v) is 1.88. The lowest BCUT2D eigenvalue weighted by molar-refractivity contribution is -0.135. The number of carbonyl (C=O) groups is 2. The first-order valence-electron chi connectivity index (χ1n) is 5.08. The number of methoxy groups -OCH3 is 1. The maximum Gasteiger partial charge on any atom is 0.345 e. The van der Waals surface area contributed by atoms with Crippen LogP contribution in [0.4, 0.5) is 0 Å². The van der Waals surface area contributed by atoms with Crippen LogP contribution in [0.2, 0.25) is 0 Å². The van der Waals surface area contributed by atoms with Crippen molar-refractivity contribution in [1.29, 1.82) is 0 Å². The smallest absolute Gasteiger partial charge is 0.345 e. The topological polar surface area (TPSA) is 61.8 Å². The van der Waals surface area contributed by atoms with Crippen molar-refractivity contribution in [3.8, 4) is 5.75 Å². The summed E-state index contributed by atoms with van der Waals surface area (Å²) in [6, 6.07) is 6.33. The van der Waals surface area contributed by atoms with Crippen molar-refractivity contribution < 1.29 is 23.8 Å². The Labute approximate surface area is 99.3 Å². The van der Waals surface area contributed by atoms with E-state index in [9.17, 15) is 9.59 Å². The molecule has 0 heterocycles. The summed E-state index contributed by atoms with van der Waals surface area (Å²) < 4.78 is 14.6. The van der Waals surface area contributed by atoms with E-state index in [-0.39, 0.29) is 0 Å². The van der Waals surface area contributed by atoms with E-state index in [0.717, 1.165) is 0 Å². The number of carbonyl (C=O) groups excluding carboxylic acids is 2. The molecular formula is C12H14O5. The molecule has 0 saturated carbocycles. The molecule has 0 N–H and O–H groups in total. The molecule has 5 heteroatoms. The molecule has 0 spiro atoms. The number of hydrogen-bond donors (Lipinski definition) is 0. The SMILES string of the molecule is COCCOc1ccc(C(=O)OC(C)=O)cc1. The van der Waals surface area contributed by atoms with E-state index in [2.05, 4.69) is 4.74 Å². The zero-order valence-corrected chi connectivity index (χ0v) is 9.76. The Bertz CT molecular complexity index is 382. The first kappa shape index (κ1) is 13.2. The number of esters is 2. The van der Waals surface area contributed by atoms with Gasteiger partial charge in [-0.25, -0.2) is 4.79 Å². The molecule has 17 heavy (non-hydrogen) atoms. The third-order valence-electron chi connectivity index (χ3n) is 1.88. The molecule has 1 rings (SSSR count). The fourth-order valence-electron chi connectivity index (χ4n) is 1.12. The van der Waals surface area contributed by atoms with Gasteiger partial charge in [-0.1, -0.05) is 0 Å². The number of ether oxygens (including phenoxy) is 3. The molecular weight excluding hydrogens is 224 g/mol. The molecule has 1 aromatic rings. The van der Waals surface area contributed by atoms with Crippen molar-refractivity contribution in [2.24, 2.45) is 0 Å². The Balaban J connectivity index is 2.55. The monoisotopic (exact) mass is 238 g/mol. The van der Waals surface area contributed by atoms with E-state index in [1.165, 1.54) is 19.1 Å². The minimum absolute atomic E-state index is 0.305. The van der Waals surface area contributed by atoms with Crippen molar-refractivity contribution in [3.05, 3.63) is 29.8 Å². The molecule has 0 amide bonds. The van der Waals surface area contributed by atoms with Crippen molar-refractivity contribution in [3.63, 3.8) is 0 Å². The summed E-state index contributed by atoms with van der Waals surface area (Å²) in [6.07, 6.45) is 0. The van der Waals surface area contributed by atoms with Crippen molar-refractivity contribution in [2.75, 3.05) is 20.3 Å². The van der Waals surface area contributed by atoms with Crippen LogP contribution in [-0.2, 0) is 14.3 Å². The Hall–Kier alpha value is -1.88. The zero-order valence-electron chi connectivity index (χ0n) is 9.76. The fraction of sp³-hybridized carbons (Fsp3) is 0.333. The average Bonchev–Trinajstić information content (AvgIpc) is 2.29. The second kappa shape index (κ2) is 6.65. The number of hydrogen-bond acceptors (Lipinski definition) is 5. The number of rotatable bonds is 5. The first-order chi connectivity index (χ1) is 8.13. The van der Waals surface area contributed by atoms with Gasteiger partial charge in [0.2, 0.25) is 0 Å². The van der Waals surface area contributed by atoms with E-state index in [1.54, 1.807) is 19.2 Å². The van der Waals surface area contributed by atoms with E-state index in [1.807, 2.05) is 0 Å². The molecule has 92 valence electrons. The summed E-state index contributed by atoms with van der Waals surface area (Å²) in [4.78, 5) is 21.9. The second-order valence-electron chi connectivity index (χ2n) is 3.25. The molecule has 0 saturated heterocycles. The van der Waals surface area contributed by atoms with Crippen LogP contribution >= 0.6 is 0 Å². The van der Waals surface area contributed by atoms with E-state index >= 15 is 0 Å². The van der Waals surface area contributed by atoms with Gasteiger partial charge in [0.15, 0.2) is 0 Å². The van der Waals surface area contributed by atoms with Crippen LogP contribution in [0, 0.1) is 0 Å². The lowest BCUT2D eigenvalue weighted by atomic mass is 10.2. The average molecular weight is 238 g/mol. The molecule has 0 aliphatic carbocycles. The minimum atomic E-state index is -0.666. The summed E-state index contributed by atoms with van der Waals surface area (Å²) in [7, 11) is 1.59. The Morgan fingerprint density at radius 1 is 1.12 bits per heavy atom. The molecule has 0 radical (unpaired) electrons. The molecule has 0 bridgehead atoms. The highest BCUT2D eigenvalue weighted by Gasteiger charge is 2.09. The summed E-state index contributed by atoms with van der Waals surface area (Å²) in [5.41, 5.74) is 0.305. The third kappa shape index (κ3) is 4.65. The molecule has 0 aliphatic rings. The van der Waals surface area contributed by atoms with Gasteiger partial charge >= 0.3 is 11.9 Å². The molecule has 5 nitrogen and oxygen atoms in total. The summed E-state index contributed by atoms with van der Waals surface area (Å²) in [5.74, 6) is -0.669.